The molecular formula is C16H11F5N6S. The minimum atomic E-state index is -9.71. The van der Waals surface area contributed by atoms with Gasteiger partial charge in [-0.3, -0.25) is 0 Å². The summed E-state index contributed by atoms with van der Waals surface area (Å²) in [6.07, 6.45) is 3.04. The lowest BCUT2D eigenvalue weighted by Crippen LogP contribution is -2.06. The van der Waals surface area contributed by atoms with Crippen molar-refractivity contribution in [3.63, 3.8) is 0 Å². The highest BCUT2D eigenvalue weighted by Gasteiger charge is 2.65. The number of pyridine rings is 2. The van der Waals surface area contributed by atoms with Crippen molar-refractivity contribution < 1.29 is 19.4 Å². The van der Waals surface area contributed by atoms with E-state index < -0.39 is 15.1 Å². The molecule has 3 aromatic heterocycles. The average Bonchev–Trinajstić information content (AvgIpc) is 3.08. The van der Waals surface area contributed by atoms with Crippen LogP contribution in [0.1, 0.15) is 0 Å². The normalized spacial score (nSPS) is 14.5. The Morgan fingerprint density at radius 2 is 1.68 bits per heavy atom. The van der Waals surface area contributed by atoms with Gasteiger partial charge in [0, 0.05) is 29.2 Å². The molecule has 0 atom stereocenters. The number of nitrogens with zero attached hydrogens (tertiary/aromatic N) is 4. The standard InChI is InChI=1S/C16H11F5N6S/c17-28(18,19,20,21)12-5-3-11(4-6-12)24-15-13(2-1-7-22-15)10-8-14-16(23-9-10)26-27-25-14/h1-9H,(H,22,24)(H,23,25,26,27). The predicted octanol–water partition coefficient (Wildman–Crippen LogP) is 5.82. The second kappa shape index (κ2) is 5.38. The Bertz CT molecular complexity index is 1170. The molecular weight excluding hydrogens is 403 g/mol. The number of aromatic amines is 1. The number of anilines is 2. The predicted molar refractivity (Wildman–Crippen MR) is 96.0 cm³/mol. The highest BCUT2D eigenvalue weighted by Crippen LogP contribution is 3.02. The fourth-order valence-electron chi connectivity index (χ4n) is 2.56. The zero-order chi connectivity index (χ0) is 20.1. The first-order valence-corrected chi connectivity index (χ1v) is 9.68. The van der Waals surface area contributed by atoms with Gasteiger partial charge in [0.05, 0.1) is 0 Å². The Labute approximate surface area is 154 Å². The maximum atomic E-state index is 12.8. The van der Waals surface area contributed by atoms with Crippen molar-refractivity contribution in [1.29, 1.82) is 0 Å². The molecule has 4 rings (SSSR count). The van der Waals surface area contributed by atoms with Gasteiger partial charge < -0.3 is 5.32 Å². The van der Waals surface area contributed by atoms with E-state index in [0.717, 1.165) is 12.1 Å². The summed E-state index contributed by atoms with van der Waals surface area (Å²) >= 11 is 0. The maximum absolute atomic E-state index is 12.8. The lowest BCUT2D eigenvalue weighted by molar-refractivity contribution is 0.364. The largest absolute Gasteiger partial charge is 0.340 e. The summed E-state index contributed by atoms with van der Waals surface area (Å²) in [7, 11) is -9.71. The van der Waals surface area contributed by atoms with Crippen molar-refractivity contribution >= 4 is 32.9 Å². The van der Waals surface area contributed by atoms with E-state index in [1.807, 2.05) is 0 Å². The van der Waals surface area contributed by atoms with E-state index in [2.05, 4.69) is 30.7 Å². The first-order valence-electron chi connectivity index (χ1n) is 7.73. The van der Waals surface area contributed by atoms with E-state index in [0.29, 0.717) is 40.2 Å². The number of benzene rings is 1. The molecule has 6 nitrogen and oxygen atoms in total. The summed E-state index contributed by atoms with van der Waals surface area (Å²) in [6.45, 7) is 0. The Morgan fingerprint density at radius 3 is 2.39 bits per heavy atom. The number of H-pyrrole nitrogens is 1. The second-order valence-corrected chi connectivity index (χ2v) is 8.33. The van der Waals surface area contributed by atoms with Crippen molar-refractivity contribution in [2.24, 2.45) is 0 Å². The van der Waals surface area contributed by atoms with E-state index in [4.69, 9.17) is 0 Å². The number of nitrogens with one attached hydrogen (secondary N) is 2. The third-order valence-electron chi connectivity index (χ3n) is 3.86. The topological polar surface area (TPSA) is 79.4 Å². The maximum Gasteiger partial charge on any atom is 0.310 e. The second-order valence-electron chi connectivity index (χ2n) is 5.92. The Kier molecular flexibility index (Phi) is 3.48. The zero-order valence-corrected chi connectivity index (χ0v) is 14.6. The van der Waals surface area contributed by atoms with Crippen LogP contribution in [0.2, 0.25) is 0 Å². The molecule has 0 saturated heterocycles. The molecule has 4 aromatic rings. The minimum Gasteiger partial charge on any atom is -0.340 e. The van der Waals surface area contributed by atoms with Gasteiger partial charge >= 0.3 is 10.2 Å². The average molecular weight is 414 g/mol. The van der Waals surface area contributed by atoms with Gasteiger partial charge in [-0.1, -0.05) is 24.6 Å². The van der Waals surface area contributed by atoms with Crippen molar-refractivity contribution in [3.8, 4) is 11.1 Å². The molecule has 0 aliphatic rings. The Hall–Kier alpha value is -3.28. The highest BCUT2D eigenvalue weighted by molar-refractivity contribution is 8.45. The van der Waals surface area contributed by atoms with Crippen molar-refractivity contribution in [2.45, 2.75) is 4.90 Å². The van der Waals surface area contributed by atoms with Crippen LogP contribution in [0.4, 0.5) is 30.9 Å². The van der Waals surface area contributed by atoms with E-state index in [1.165, 1.54) is 6.20 Å². The lowest BCUT2D eigenvalue weighted by Gasteiger charge is -2.40. The van der Waals surface area contributed by atoms with Crippen molar-refractivity contribution in [1.82, 2.24) is 25.4 Å². The molecule has 0 fully saturated rings. The summed E-state index contributed by atoms with van der Waals surface area (Å²) in [5, 5.41) is 13.0. The molecule has 0 aliphatic heterocycles. The lowest BCUT2D eigenvalue weighted by atomic mass is 10.1. The van der Waals surface area contributed by atoms with Crippen molar-refractivity contribution in [3.05, 3.63) is 54.9 Å². The van der Waals surface area contributed by atoms with Crippen LogP contribution in [-0.2, 0) is 0 Å². The van der Waals surface area contributed by atoms with Gasteiger partial charge in [-0.05, 0) is 42.5 Å². The molecule has 0 bridgehead atoms. The molecule has 0 amide bonds. The van der Waals surface area contributed by atoms with E-state index >= 15 is 0 Å². The molecule has 0 saturated carbocycles. The van der Waals surface area contributed by atoms with Crippen LogP contribution in [0.15, 0.2) is 59.8 Å². The highest BCUT2D eigenvalue weighted by atomic mass is 32.5. The van der Waals surface area contributed by atoms with Crippen LogP contribution in [0, 0.1) is 0 Å². The molecule has 2 N–H and O–H groups in total. The van der Waals surface area contributed by atoms with Gasteiger partial charge in [-0.25, -0.2) is 15.1 Å². The fraction of sp³-hybridized carbons (Fsp3) is 0. The van der Waals surface area contributed by atoms with Gasteiger partial charge in [-0.15, -0.1) is 5.10 Å². The van der Waals surface area contributed by atoms with Gasteiger partial charge in [-0.2, -0.15) is 0 Å². The third-order valence-corrected chi connectivity index (χ3v) is 5.03. The Balaban J connectivity index is 1.68. The van der Waals surface area contributed by atoms with Crippen LogP contribution in [0.25, 0.3) is 22.3 Å². The summed E-state index contributed by atoms with van der Waals surface area (Å²) in [6, 6.07) is 7.64. The van der Waals surface area contributed by atoms with Crippen LogP contribution in [-0.4, -0.2) is 25.4 Å². The van der Waals surface area contributed by atoms with Crippen LogP contribution < -0.4 is 5.32 Å². The quantitative estimate of drug-likeness (QED) is 0.412. The summed E-state index contributed by atoms with van der Waals surface area (Å²) < 4.78 is 64.2. The molecule has 1 aromatic carbocycles. The zero-order valence-electron chi connectivity index (χ0n) is 13.8. The van der Waals surface area contributed by atoms with Gasteiger partial charge in [0.2, 0.25) is 0 Å². The van der Waals surface area contributed by atoms with Gasteiger partial charge in [0.1, 0.15) is 16.2 Å². The fourth-order valence-corrected chi connectivity index (χ4v) is 3.21. The molecule has 0 radical (unpaired) electrons. The monoisotopic (exact) mass is 414 g/mol. The van der Waals surface area contributed by atoms with E-state index in [9.17, 15) is 19.4 Å². The molecule has 3 heterocycles. The number of hydrogen-bond donors (Lipinski definition) is 2. The first kappa shape index (κ1) is 18.1. The molecule has 0 aliphatic carbocycles. The summed E-state index contributed by atoms with van der Waals surface area (Å²) in [5.41, 5.74) is 2.42. The number of halogens is 5. The van der Waals surface area contributed by atoms with Gasteiger partial charge in [0.25, 0.3) is 0 Å². The molecule has 0 spiro atoms. The molecule has 12 heteroatoms. The van der Waals surface area contributed by atoms with Crippen LogP contribution in [0.3, 0.4) is 0 Å². The number of hydrogen-bond acceptors (Lipinski definition) is 5. The molecule has 28 heavy (non-hydrogen) atoms. The SMILES string of the molecule is FS(F)(F)(F)(F)c1ccc(Nc2ncccc2-c2cnc3[nH]nnc3c2)cc1. The van der Waals surface area contributed by atoms with Crippen LogP contribution >= 0.6 is 10.2 Å². The minimum absolute atomic E-state index is 0.168. The molecule has 0 unspecified atom stereocenters. The Morgan fingerprint density at radius 1 is 0.929 bits per heavy atom. The van der Waals surface area contributed by atoms with E-state index in [-0.39, 0.29) is 5.69 Å². The third kappa shape index (κ3) is 3.58. The molecule has 146 valence electrons. The summed E-state index contributed by atoms with van der Waals surface area (Å²) in [4.78, 5) is 6.40. The number of aromatic nitrogens is 5. The number of rotatable bonds is 4. The number of fused-ring (bicyclic) bond motifs is 1. The van der Waals surface area contributed by atoms with Gasteiger partial charge in [0.15, 0.2) is 5.65 Å². The smallest absolute Gasteiger partial charge is 0.310 e. The van der Waals surface area contributed by atoms with E-state index in [1.54, 1.807) is 24.4 Å². The summed E-state index contributed by atoms with van der Waals surface area (Å²) in [5.74, 6) is 0.312. The van der Waals surface area contributed by atoms with Crippen LogP contribution in [0.5, 0.6) is 0 Å². The first-order chi connectivity index (χ1) is 13.0. The van der Waals surface area contributed by atoms with Crippen molar-refractivity contribution in [2.75, 3.05) is 5.32 Å².